The molecule has 1 N–H and O–H groups in total. The molecule has 1 aliphatic rings. The summed E-state index contributed by atoms with van der Waals surface area (Å²) >= 11 is 0. The highest BCUT2D eigenvalue weighted by molar-refractivity contribution is 7.86. The smallest absolute Gasteiger partial charge is 0.282 e. The molecule has 7 heteroatoms. The van der Waals surface area contributed by atoms with Crippen LogP contribution in [-0.4, -0.2) is 42.6 Å². The van der Waals surface area contributed by atoms with Crippen molar-refractivity contribution in [3.63, 3.8) is 0 Å². The van der Waals surface area contributed by atoms with Gasteiger partial charge in [-0.05, 0) is 56.0 Å². The molecule has 1 amide bonds. The number of nitrogens with zero attached hydrogens (tertiary/aromatic N) is 2. The predicted octanol–water partition coefficient (Wildman–Crippen LogP) is 3.00. The second-order valence-electron chi connectivity index (χ2n) is 7.44. The van der Waals surface area contributed by atoms with Gasteiger partial charge in [0.25, 0.3) is 10.2 Å². The number of carbonyl (C=O) groups excluding carboxylic acids is 1. The van der Waals surface area contributed by atoms with E-state index in [0.29, 0.717) is 31.7 Å². The van der Waals surface area contributed by atoms with Gasteiger partial charge in [-0.3, -0.25) is 4.79 Å². The first-order valence-corrected chi connectivity index (χ1v) is 10.8. The van der Waals surface area contributed by atoms with Gasteiger partial charge >= 0.3 is 0 Å². The molecular formula is C21H27N3O3S. The fourth-order valence-corrected chi connectivity index (χ4v) is 5.20. The Kier molecular flexibility index (Phi) is 6.17. The second-order valence-corrected chi connectivity index (χ2v) is 9.37. The highest BCUT2D eigenvalue weighted by Crippen LogP contribution is 2.20. The summed E-state index contributed by atoms with van der Waals surface area (Å²) < 4.78 is 28.7. The highest BCUT2D eigenvalue weighted by Gasteiger charge is 2.34. The summed E-state index contributed by atoms with van der Waals surface area (Å²) in [7, 11) is -3.67. The first-order chi connectivity index (χ1) is 13.2. The molecule has 1 saturated heterocycles. The predicted molar refractivity (Wildman–Crippen MR) is 111 cm³/mol. The number of nitrogens with one attached hydrogen (secondary N) is 1. The minimum absolute atomic E-state index is 0.181. The number of hydrogen-bond acceptors (Lipinski definition) is 3. The SMILES string of the molecule is Cc1cccc(CN2CCCN(CC(=O)Nc3cc(C)cc(C)c3)S2(=O)=O)c1. The molecule has 150 valence electrons. The van der Waals surface area contributed by atoms with Crippen LogP contribution in [0.25, 0.3) is 0 Å². The van der Waals surface area contributed by atoms with Crippen molar-refractivity contribution in [2.75, 3.05) is 25.0 Å². The van der Waals surface area contributed by atoms with Crippen molar-refractivity contribution in [2.24, 2.45) is 0 Å². The van der Waals surface area contributed by atoms with Gasteiger partial charge in [-0.15, -0.1) is 0 Å². The van der Waals surface area contributed by atoms with Crippen molar-refractivity contribution in [3.8, 4) is 0 Å². The van der Waals surface area contributed by atoms with Gasteiger partial charge in [0.05, 0.1) is 6.54 Å². The first-order valence-electron chi connectivity index (χ1n) is 9.43. The number of hydrogen-bond donors (Lipinski definition) is 1. The molecule has 28 heavy (non-hydrogen) atoms. The van der Waals surface area contributed by atoms with Gasteiger partial charge < -0.3 is 5.32 Å². The van der Waals surface area contributed by atoms with Gasteiger partial charge in [0.15, 0.2) is 0 Å². The fraction of sp³-hybridized carbons (Fsp3) is 0.381. The summed E-state index contributed by atoms with van der Waals surface area (Å²) in [5.41, 5.74) is 4.82. The normalized spacial score (nSPS) is 17.4. The molecule has 0 bridgehead atoms. The van der Waals surface area contributed by atoms with Crippen molar-refractivity contribution < 1.29 is 13.2 Å². The summed E-state index contributed by atoms with van der Waals surface area (Å²) in [4.78, 5) is 12.5. The molecule has 0 aliphatic carbocycles. The molecule has 0 radical (unpaired) electrons. The van der Waals surface area contributed by atoms with E-state index in [9.17, 15) is 13.2 Å². The minimum atomic E-state index is -3.67. The number of carbonyl (C=O) groups is 1. The van der Waals surface area contributed by atoms with Crippen LogP contribution in [0.15, 0.2) is 42.5 Å². The third-order valence-electron chi connectivity index (χ3n) is 4.73. The summed E-state index contributed by atoms with van der Waals surface area (Å²) in [5.74, 6) is -0.328. The molecule has 1 heterocycles. The van der Waals surface area contributed by atoms with Crippen LogP contribution >= 0.6 is 0 Å². The van der Waals surface area contributed by atoms with Gasteiger partial charge in [-0.1, -0.05) is 35.9 Å². The van der Waals surface area contributed by atoms with Gasteiger partial charge in [-0.25, -0.2) is 0 Å². The number of anilines is 1. The van der Waals surface area contributed by atoms with E-state index in [2.05, 4.69) is 5.32 Å². The molecule has 1 aliphatic heterocycles. The van der Waals surface area contributed by atoms with Crippen LogP contribution in [0.2, 0.25) is 0 Å². The lowest BCUT2D eigenvalue weighted by molar-refractivity contribution is -0.116. The average Bonchev–Trinajstić information content (AvgIpc) is 2.58. The van der Waals surface area contributed by atoms with Crippen LogP contribution in [0.5, 0.6) is 0 Å². The van der Waals surface area contributed by atoms with Gasteiger partial charge in [0.1, 0.15) is 0 Å². The van der Waals surface area contributed by atoms with Crippen LogP contribution in [-0.2, 0) is 21.5 Å². The number of amides is 1. The molecular weight excluding hydrogens is 374 g/mol. The average molecular weight is 402 g/mol. The second kappa shape index (κ2) is 8.43. The Hall–Kier alpha value is -2.22. The van der Waals surface area contributed by atoms with Gasteiger partial charge in [0.2, 0.25) is 5.91 Å². The summed E-state index contributed by atoms with van der Waals surface area (Å²) in [6.45, 7) is 6.86. The van der Waals surface area contributed by atoms with Crippen molar-refractivity contribution in [3.05, 3.63) is 64.7 Å². The van der Waals surface area contributed by atoms with E-state index in [4.69, 9.17) is 0 Å². The van der Waals surface area contributed by atoms with Gasteiger partial charge in [-0.2, -0.15) is 17.0 Å². The summed E-state index contributed by atoms with van der Waals surface area (Å²) in [5, 5.41) is 2.82. The van der Waals surface area contributed by atoms with Crippen LogP contribution < -0.4 is 5.32 Å². The van der Waals surface area contributed by atoms with Crippen molar-refractivity contribution in [1.82, 2.24) is 8.61 Å². The molecule has 0 atom stereocenters. The van der Waals surface area contributed by atoms with E-state index in [1.54, 1.807) is 0 Å². The molecule has 0 aromatic heterocycles. The molecule has 1 fully saturated rings. The Balaban J connectivity index is 1.68. The zero-order chi connectivity index (χ0) is 20.3. The van der Waals surface area contributed by atoms with E-state index < -0.39 is 10.2 Å². The molecule has 0 saturated carbocycles. The topological polar surface area (TPSA) is 69.7 Å². The summed E-state index contributed by atoms with van der Waals surface area (Å²) in [6, 6.07) is 13.6. The zero-order valence-corrected chi connectivity index (χ0v) is 17.4. The Morgan fingerprint density at radius 1 is 0.964 bits per heavy atom. The summed E-state index contributed by atoms with van der Waals surface area (Å²) in [6.07, 6.45) is 0.696. The van der Waals surface area contributed by atoms with Gasteiger partial charge in [0, 0.05) is 25.3 Å². The maximum Gasteiger partial charge on any atom is 0.282 e. The van der Waals surface area contributed by atoms with E-state index in [1.807, 2.05) is 63.2 Å². The Morgan fingerprint density at radius 3 is 2.32 bits per heavy atom. The zero-order valence-electron chi connectivity index (χ0n) is 16.6. The van der Waals surface area contributed by atoms with Crippen LogP contribution in [0, 0.1) is 20.8 Å². The third kappa shape index (κ3) is 4.98. The largest absolute Gasteiger partial charge is 0.325 e. The lowest BCUT2D eigenvalue weighted by Gasteiger charge is -2.34. The van der Waals surface area contributed by atoms with E-state index in [1.165, 1.54) is 8.61 Å². The van der Waals surface area contributed by atoms with E-state index in [-0.39, 0.29) is 12.5 Å². The standard InChI is InChI=1S/C21H27N3O3S/c1-16-6-4-7-19(11-16)14-23-8-5-9-24(28(23,26)27)15-21(25)22-20-12-17(2)10-18(3)13-20/h4,6-7,10-13H,5,8-9,14-15H2,1-3H3,(H,22,25). The van der Waals surface area contributed by atoms with Crippen LogP contribution in [0.4, 0.5) is 5.69 Å². The van der Waals surface area contributed by atoms with Crippen molar-refractivity contribution >= 4 is 21.8 Å². The van der Waals surface area contributed by atoms with Crippen molar-refractivity contribution in [1.29, 1.82) is 0 Å². The minimum Gasteiger partial charge on any atom is -0.325 e. The maximum atomic E-state index is 13.0. The molecule has 2 aromatic rings. The van der Waals surface area contributed by atoms with E-state index >= 15 is 0 Å². The lowest BCUT2D eigenvalue weighted by atomic mass is 10.1. The first kappa shape index (κ1) is 20.5. The Morgan fingerprint density at radius 2 is 1.64 bits per heavy atom. The molecule has 0 unspecified atom stereocenters. The Bertz CT molecular complexity index is 952. The third-order valence-corrected chi connectivity index (χ3v) is 6.66. The molecule has 2 aromatic carbocycles. The van der Waals surface area contributed by atoms with E-state index in [0.717, 1.165) is 22.3 Å². The number of aryl methyl sites for hydroxylation is 3. The molecule has 6 nitrogen and oxygen atoms in total. The quantitative estimate of drug-likeness (QED) is 0.837. The Labute approximate surface area is 167 Å². The fourth-order valence-electron chi connectivity index (χ4n) is 3.56. The monoisotopic (exact) mass is 401 g/mol. The van der Waals surface area contributed by atoms with Crippen molar-refractivity contribution in [2.45, 2.75) is 33.7 Å². The maximum absolute atomic E-state index is 13.0. The molecule has 0 spiro atoms. The highest BCUT2D eigenvalue weighted by atomic mass is 32.2. The van der Waals surface area contributed by atoms with Crippen LogP contribution in [0.1, 0.15) is 28.7 Å². The van der Waals surface area contributed by atoms with Crippen LogP contribution in [0.3, 0.4) is 0 Å². The molecule has 3 rings (SSSR count). The number of benzene rings is 2. The number of rotatable bonds is 5. The lowest BCUT2D eigenvalue weighted by Crippen LogP contribution is -2.51.